The summed E-state index contributed by atoms with van der Waals surface area (Å²) in [6.07, 6.45) is 0.477. The van der Waals surface area contributed by atoms with Crippen molar-refractivity contribution >= 4 is 22.3 Å². The van der Waals surface area contributed by atoms with Gasteiger partial charge in [-0.15, -0.1) is 0 Å². The van der Waals surface area contributed by atoms with Crippen LogP contribution in [0, 0.1) is 0 Å². The van der Waals surface area contributed by atoms with Gasteiger partial charge in [-0.05, 0) is 22.4 Å². The van der Waals surface area contributed by atoms with Gasteiger partial charge in [-0.3, -0.25) is 9.59 Å². The number of carbonyl (C=O) groups excluding carboxylic acids is 2. The summed E-state index contributed by atoms with van der Waals surface area (Å²) in [6, 6.07) is 11.6. The summed E-state index contributed by atoms with van der Waals surface area (Å²) in [5.41, 5.74) is 1.82. The fourth-order valence-electron chi connectivity index (χ4n) is 2.24. The van der Waals surface area contributed by atoms with E-state index in [1.165, 1.54) is 0 Å². The average Bonchev–Trinajstić information content (AvgIpc) is 2.34. The minimum absolute atomic E-state index is 0.387. The van der Waals surface area contributed by atoms with Gasteiger partial charge in [0.1, 0.15) is 0 Å². The quantitative estimate of drug-likeness (QED) is 0.507. The highest BCUT2D eigenvalue weighted by Gasteiger charge is 2.27. The molecule has 0 aliphatic heterocycles. The molecule has 82 valence electrons. The van der Waals surface area contributed by atoms with Crippen molar-refractivity contribution in [3.05, 3.63) is 59.7 Å². The Morgan fingerprint density at radius 3 is 2.29 bits per heavy atom. The predicted octanol–water partition coefficient (Wildman–Crippen LogP) is 2.70. The van der Waals surface area contributed by atoms with Crippen LogP contribution in [0.2, 0.25) is 0 Å². The van der Waals surface area contributed by atoms with Gasteiger partial charge in [0.2, 0.25) is 11.6 Å². The molecule has 0 atom stereocenters. The predicted molar refractivity (Wildman–Crippen MR) is 66.1 cm³/mol. The van der Waals surface area contributed by atoms with E-state index in [1.54, 1.807) is 6.07 Å². The van der Waals surface area contributed by atoms with Crippen LogP contribution >= 0.6 is 0 Å². The smallest absolute Gasteiger partial charge is 0.233 e. The Balaban J connectivity index is 2.32. The van der Waals surface area contributed by atoms with Crippen LogP contribution < -0.4 is 0 Å². The summed E-state index contributed by atoms with van der Waals surface area (Å²) < 4.78 is 0. The molecule has 0 saturated heterocycles. The zero-order chi connectivity index (χ0) is 12.0. The van der Waals surface area contributed by atoms with E-state index in [2.05, 4.69) is 6.58 Å². The molecule has 1 aliphatic rings. The Hall–Kier alpha value is -2.22. The number of fused-ring (bicyclic) bond motifs is 2. The molecule has 0 bridgehead atoms. The van der Waals surface area contributed by atoms with Gasteiger partial charge in [0.05, 0.1) is 0 Å². The lowest BCUT2D eigenvalue weighted by Crippen LogP contribution is -2.24. The van der Waals surface area contributed by atoms with Crippen LogP contribution in [-0.2, 0) is 11.2 Å². The number of rotatable bonds is 0. The second-order valence-corrected chi connectivity index (χ2v) is 4.30. The highest BCUT2D eigenvalue weighted by molar-refractivity contribution is 6.50. The van der Waals surface area contributed by atoms with Crippen molar-refractivity contribution in [3.63, 3.8) is 0 Å². The van der Waals surface area contributed by atoms with Crippen molar-refractivity contribution in [3.8, 4) is 0 Å². The lowest BCUT2D eigenvalue weighted by Gasteiger charge is -2.16. The van der Waals surface area contributed by atoms with Crippen LogP contribution in [0.25, 0.3) is 10.8 Å². The van der Waals surface area contributed by atoms with E-state index in [-0.39, 0.29) is 0 Å². The Morgan fingerprint density at radius 2 is 1.59 bits per heavy atom. The summed E-state index contributed by atoms with van der Waals surface area (Å²) in [5, 5.41) is 2.07. The first kappa shape index (κ1) is 9.97. The fraction of sp³-hybridized carbons (Fsp3) is 0.0667. The van der Waals surface area contributed by atoms with Gasteiger partial charge in [-0.2, -0.15) is 0 Å². The molecule has 2 nitrogen and oxygen atoms in total. The average molecular weight is 222 g/mol. The molecule has 0 heterocycles. The summed E-state index contributed by atoms with van der Waals surface area (Å²) in [4.78, 5) is 23.4. The highest BCUT2D eigenvalue weighted by Crippen LogP contribution is 2.26. The third-order valence-electron chi connectivity index (χ3n) is 3.15. The van der Waals surface area contributed by atoms with Crippen molar-refractivity contribution in [2.24, 2.45) is 0 Å². The first-order valence-electron chi connectivity index (χ1n) is 5.45. The lowest BCUT2D eigenvalue weighted by molar-refractivity contribution is -0.112. The Morgan fingerprint density at radius 1 is 0.941 bits per heavy atom. The third-order valence-corrected chi connectivity index (χ3v) is 3.15. The molecule has 0 spiro atoms. The van der Waals surface area contributed by atoms with Gasteiger partial charge in [0.15, 0.2) is 0 Å². The lowest BCUT2D eigenvalue weighted by atomic mass is 9.85. The van der Waals surface area contributed by atoms with E-state index in [1.807, 2.05) is 30.3 Å². The van der Waals surface area contributed by atoms with Gasteiger partial charge in [0.25, 0.3) is 0 Å². The van der Waals surface area contributed by atoms with Crippen molar-refractivity contribution in [2.45, 2.75) is 6.42 Å². The van der Waals surface area contributed by atoms with Crippen LogP contribution in [0.5, 0.6) is 0 Å². The van der Waals surface area contributed by atoms with Crippen LogP contribution in [0.3, 0.4) is 0 Å². The highest BCUT2D eigenvalue weighted by atomic mass is 16.2. The first-order valence-corrected chi connectivity index (χ1v) is 5.45. The second kappa shape index (κ2) is 3.39. The molecule has 0 aromatic heterocycles. The molecule has 0 saturated carbocycles. The van der Waals surface area contributed by atoms with E-state index in [0.717, 1.165) is 16.3 Å². The topological polar surface area (TPSA) is 34.1 Å². The van der Waals surface area contributed by atoms with Crippen molar-refractivity contribution < 1.29 is 9.59 Å². The van der Waals surface area contributed by atoms with Gasteiger partial charge >= 0.3 is 0 Å². The molecule has 0 amide bonds. The molecule has 2 aromatic rings. The van der Waals surface area contributed by atoms with Crippen LogP contribution in [0.15, 0.2) is 48.6 Å². The van der Waals surface area contributed by atoms with Crippen LogP contribution in [-0.4, -0.2) is 11.6 Å². The monoisotopic (exact) mass is 222 g/mol. The van der Waals surface area contributed by atoms with Gasteiger partial charge in [0, 0.05) is 17.6 Å². The van der Waals surface area contributed by atoms with Crippen LogP contribution in [0.1, 0.15) is 15.9 Å². The molecule has 0 N–H and O–H groups in total. The molecule has 0 unspecified atom stereocenters. The molecule has 2 heteroatoms. The molecule has 17 heavy (non-hydrogen) atoms. The molecular weight excluding hydrogens is 212 g/mol. The maximum atomic E-state index is 11.9. The van der Waals surface area contributed by atoms with E-state index >= 15 is 0 Å². The molecule has 3 rings (SSSR count). The first-order chi connectivity index (χ1) is 8.16. The summed E-state index contributed by atoms with van der Waals surface area (Å²) in [6.45, 7) is 3.65. The van der Waals surface area contributed by atoms with Crippen molar-refractivity contribution in [1.82, 2.24) is 0 Å². The number of ketones is 2. The molecular formula is C15H10O2. The van der Waals surface area contributed by atoms with Gasteiger partial charge in [-0.25, -0.2) is 0 Å². The maximum absolute atomic E-state index is 11.9. The van der Waals surface area contributed by atoms with Crippen molar-refractivity contribution in [2.75, 3.05) is 0 Å². The van der Waals surface area contributed by atoms with Crippen LogP contribution in [0.4, 0.5) is 0 Å². The number of benzene rings is 2. The van der Waals surface area contributed by atoms with Gasteiger partial charge in [-0.1, -0.05) is 36.9 Å². The van der Waals surface area contributed by atoms with Crippen molar-refractivity contribution in [1.29, 1.82) is 0 Å². The number of hydrogen-bond acceptors (Lipinski definition) is 2. The standard InChI is InChI=1S/C15H10O2/c1-9-6-12-7-10-4-2-3-5-11(10)8-13(12)15(17)14(9)16/h2-5,7-8H,1,6H2. The molecule has 0 radical (unpaired) electrons. The molecule has 1 aliphatic carbocycles. The van der Waals surface area contributed by atoms with E-state index in [4.69, 9.17) is 0 Å². The van der Waals surface area contributed by atoms with E-state index in [9.17, 15) is 9.59 Å². The molecule has 2 aromatic carbocycles. The summed E-state index contributed by atoms with van der Waals surface area (Å²) >= 11 is 0. The third kappa shape index (κ3) is 1.41. The minimum atomic E-state index is -0.451. The normalized spacial score (nSPS) is 15.2. The zero-order valence-electron chi connectivity index (χ0n) is 9.19. The molecule has 0 fully saturated rings. The van der Waals surface area contributed by atoms with Gasteiger partial charge < -0.3 is 0 Å². The summed E-state index contributed by atoms with van der Waals surface area (Å²) in [7, 11) is 0. The minimum Gasteiger partial charge on any atom is -0.285 e. The largest absolute Gasteiger partial charge is 0.285 e. The number of carbonyl (C=O) groups is 2. The maximum Gasteiger partial charge on any atom is 0.233 e. The Kier molecular flexibility index (Phi) is 1.99. The second-order valence-electron chi connectivity index (χ2n) is 4.30. The Bertz CT molecular complexity index is 680. The number of allylic oxidation sites excluding steroid dienone is 1. The SMILES string of the molecule is C=C1Cc2cc3ccccc3cc2C(=O)C1=O. The number of Topliss-reactive ketones (excluding diaryl/α,β-unsaturated/α-hetero) is 2. The van der Waals surface area contributed by atoms with E-state index < -0.39 is 11.6 Å². The van der Waals surface area contributed by atoms with E-state index in [0.29, 0.717) is 17.6 Å². The fourth-order valence-corrected chi connectivity index (χ4v) is 2.24. The summed E-state index contributed by atoms with van der Waals surface area (Å²) in [5.74, 6) is -0.880. The zero-order valence-corrected chi connectivity index (χ0v) is 9.19. The Labute approximate surface area is 98.6 Å². The number of hydrogen-bond donors (Lipinski definition) is 0.